The van der Waals surface area contributed by atoms with Gasteiger partial charge in [-0.05, 0) is 26.2 Å². The van der Waals surface area contributed by atoms with Crippen LogP contribution in [0.2, 0.25) is 0 Å². The molecule has 0 bridgehead atoms. The van der Waals surface area contributed by atoms with Crippen LogP contribution < -0.4 is 5.32 Å². The predicted octanol–water partition coefficient (Wildman–Crippen LogP) is 1.37. The monoisotopic (exact) mass is 197 g/mol. The van der Waals surface area contributed by atoms with Gasteiger partial charge in [0.2, 0.25) is 0 Å². The Labute approximate surface area is 85.2 Å². The summed E-state index contributed by atoms with van der Waals surface area (Å²) in [7, 11) is 0. The molecule has 1 unspecified atom stereocenters. The molecule has 14 heavy (non-hydrogen) atoms. The number of hydrogen-bond donors (Lipinski definition) is 2. The Hall–Kier alpha value is -0.830. The fourth-order valence-electron chi connectivity index (χ4n) is 1.66. The molecule has 0 fully saturated rings. The van der Waals surface area contributed by atoms with Crippen molar-refractivity contribution in [2.75, 3.05) is 6.61 Å². The Balaban J connectivity index is 2.56. The van der Waals surface area contributed by atoms with Gasteiger partial charge in [0.15, 0.2) is 5.78 Å². The third-order valence-corrected chi connectivity index (χ3v) is 2.88. The number of allylic oxidation sites excluding steroid dienone is 2. The quantitative estimate of drug-likeness (QED) is 0.700. The third-order valence-electron chi connectivity index (χ3n) is 2.88. The fourth-order valence-corrected chi connectivity index (χ4v) is 1.66. The maximum Gasteiger partial charge on any atom is 0.157 e. The van der Waals surface area contributed by atoms with Gasteiger partial charge in [0, 0.05) is 30.3 Å². The average Bonchev–Trinajstić information content (AvgIpc) is 2.51. The molecule has 0 aromatic rings. The minimum Gasteiger partial charge on any atom is -0.396 e. The molecule has 80 valence electrons. The minimum atomic E-state index is -0.0782. The second kappa shape index (κ2) is 4.60. The largest absolute Gasteiger partial charge is 0.396 e. The number of ketones is 1. The number of aliphatic hydroxyl groups is 1. The first-order valence-corrected chi connectivity index (χ1v) is 5.22. The van der Waals surface area contributed by atoms with E-state index in [2.05, 4.69) is 19.2 Å². The lowest BCUT2D eigenvalue weighted by molar-refractivity contribution is -0.114. The molecule has 0 heterocycles. The van der Waals surface area contributed by atoms with Gasteiger partial charge >= 0.3 is 0 Å². The van der Waals surface area contributed by atoms with Crippen molar-refractivity contribution >= 4 is 5.78 Å². The second-order valence-corrected chi connectivity index (χ2v) is 4.15. The molecule has 1 aliphatic carbocycles. The molecule has 0 spiro atoms. The summed E-state index contributed by atoms with van der Waals surface area (Å²) in [5.41, 5.74) is 0.943. The Kier molecular flexibility index (Phi) is 3.69. The molecule has 1 atom stereocenters. The zero-order valence-electron chi connectivity index (χ0n) is 8.97. The van der Waals surface area contributed by atoms with E-state index >= 15 is 0 Å². The molecular formula is C11H19NO2. The molecule has 1 rings (SSSR count). The molecular weight excluding hydrogens is 178 g/mol. The Bertz CT molecular complexity index is 248. The normalized spacial score (nSPS) is 20.5. The second-order valence-electron chi connectivity index (χ2n) is 4.15. The first-order valence-electron chi connectivity index (χ1n) is 5.22. The van der Waals surface area contributed by atoms with Crippen molar-refractivity contribution in [2.45, 2.75) is 45.1 Å². The standard InChI is InChI=1S/C11H19NO2/c1-3-11(2,6-7-13)12-9-4-5-10(14)8-9/h8,12-13H,3-7H2,1-2H3. The fraction of sp³-hybridized carbons (Fsp3) is 0.727. The van der Waals surface area contributed by atoms with Gasteiger partial charge in [-0.25, -0.2) is 0 Å². The first kappa shape index (κ1) is 11.2. The van der Waals surface area contributed by atoms with Crippen molar-refractivity contribution in [1.82, 2.24) is 5.32 Å². The first-order chi connectivity index (χ1) is 6.59. The average molecular weight is 197 g/mol. The minimum absolute atomic E-state index is 0.0782. The van der Waals surface area contributed by atoms with Crippen molar-refractivity contribution in [3.05, 3.63) is 11.8 Å². The van der Waals surface area contributed by atoms with Crippen LogP contribution in [0.25, 0.3) is 0 Å². The van der Waals surface area contributed by atoms with E-state index in [4.69, 9.17) is 5.11 Å². The molecule has 0 aromatic carbocycles. The van der Waals surface area contributed by atoms with Crippen LogP contribution in [-0.4, -0.2) is 23.0 Å². The van der Waals surface area contributed by atoms with Crippen LogP contribution in [0.15, 0.2) is 11.8 Å². The molecule has 0 radical (unpaired) electrons. The Morgan fingerprint density at radius 3 is 2.71 bits per heavy atom. The summed E-state index contributed by atoms with van der Waals surface area (Å²) in [5, 5.41) is 12.3. The molecule has 0 saturated heterocycles. The Morgan fingerprint density at radius 2 is 2.29 bits per heavy atom. The van der Waals surface area contributed by atoms with Crippen LogP contribution in [0, 0.1) is 0 Å². The van der Waals surface area contributed by atoms with Crippen LogP contribution in [0.5, 0.6) is 0 Å². The summed E-state index contributed by atoms with van der Waals surface area (Å²) in [6, 6.07) is 0. The van der Waals surface area contributed by atoms with Gasteiger partial charge in [-0.2, -0.15) is 0 Å². The summed E-state index contributed by atoms with van der Waals surface area (Å²) >= 11 is 0. The van der Waals surface area contributed by atoms with E-state index in [-0.39, 0.29) is 17.9 Å². The summed E-state index contributed by atoms with van der Waals surface area (Å²) < 4.78 is 0. The van der Waals surface area contributed by atoms with Crippen LogP contribution >= 0.6 is 0 Å². The number of aliphatic hydroxyl groups excluding tert-OH is 1. The lowest BCUT2D eigenvalue weighted by Gasteiger charge is -2.30. The van der Waals surface area contributed by atoms with Crippen LogP contribution in [0.1, 0.15) is 39.5 Å². The van der Waals surface area contributed by atoms with Crippen LogP contribution in [0.4, 0.5) is 0 Å². The van der Waals surface area contributed by atoms with Crippen molar-refractivity contribution in [3.8, 4) is 0 Å². The van der Waals surface area contributed by atoms with Gasteiger partial charge < -0.3 is 10.4 Å². The topological polar surface area (TPSA) is 49.3 Å². The van der Waals surface area contributed by atoms with E-state index < -0.39 is 0 Å². The smallest absolute Gasteiger partial charge is 0.157 e. The molecule has 0 amide bonds. The number of nitrogens with one attached hydrogen (secondary N) is 1. The van der Waals surface area contributed by atoms with Crippen molar-refractivity contribution < 1.29 is 9.90 Å². The van der Waals surface area contributed by atoms with Gasteiger partial charge in [0.25, 0.3) is 0 Å². The predicted molar refractivity (Wildman–Crippen MR) is 55.9 cm³/mol. The van der Waals surface area contributed by atoms with Gasteiger partial charge in [0.1, 0.15) is 0 Å². The Morgan fingerprint density at radius 1 is 1.57 bits per heavy atom. The molecule has 0 aliphatic heterocycles. The van der Waals surface area contributed by atoms with E-state index in [9.17, 15) is 4.79 Å². The van der Waals surface area contributed by atoms with E-state index in [1.54, 1.807) is 6.08 Å². The van der Waals surface area contributed by atoms with Gasteiger partial charge in [-0.1, -0.05) is 6.92 Å². The van der Waals surface area contributed by atoms with Crippen molar-refractivity contribution in [3.63, 3.8) is 0 Å². The molecule has 2 N–H and O–H groups in total. The molecule has 1 aliphatic rings. The highest BCUT2D eigenvalue weighted by Gasteiger charge is 2.23. The highest BCUT2D eigenvalue weighted by atomic mass is 16.3. The van der Waals surface area contributed by atoms with E-state index in [1.807, 2.05) is 0 Å². The number of carbonyl (C=O) groups is 1. The maximum absolute atomic E-state index is 11.0. The maximum atomic E-state index is 11.0. The van der Waals surface area contributed by atoms with Gasteiger partial charge in [0.05, 0.1) is 0 Å². The molecule has 0 saturated carbocycles. The summed E-state index contributed by atoms with van der Waals surface area (Å²) in [4.78, 5) is 11.0. The zero-order valence-corrected chi connectivity index (χ0v) is 8.97. The number of rotatable bonds is 5. The molecule has 0 aromatic heterocycles. The zero-order chi connectivity index (χ0) is 10.6. The van der Waals surface area contributed by atoms with E-state index in [0.29, 0.717) is 6.42 Å². The SMILES string of the molecule is CCC(C)(CCO)NC1=CC(=O)CC1. The van der Waals surface area contributed by atoms with E-state index in [0.717, 1.165) is 25.0 Å². The number of carbonyl (C=O) groups excluding carboxylic acids is 1. The third kappa shape index (κ3) is 2.84. The molecule has 3 nitrogen and oxygen atoms in total. The van der Waals surface area contributed by atoms with Crippen molar-refractivity contribution in [1.29, 1.82) is 0 Å². The summed E-state index contributed by atoms with van der Waals surface area (Å²) in [5.74, 6) is 0.204. The van der Waals surface area contributed by atoms with Gasteiger partial charge in [-0.3, -0.25) is 4.79 Å². The highest BCUT2D eigenvalue weighted by Crippen LogP contribution is 2.20. The lowest BCUT2D eigenvalue weighted by atomic mass is 9.94. The molecule has 3 heteroatoms. The lowest BCUT2D eigenvalue weighted by Crippen LogP contribution is -2.41. The summed E-state index contributed by atoms with van der Waals surface area (Å²) in [6.45, 7) is 4.34. The van der Waals surface area contributed by atoms with Crippen LogP contribution in [0.3, 0.4) is 0 Å². The van der Waals surface area contributed by atoms with Crippen LogP contribution in [-0.2, 0) is 4.79 Å². The highest BCUT2D eigenvalue weighted by molar-refractivity contribution is 5.92. The number of hydrogen-bond acceptors (Lipinski definition) is 3. The summed E-state index contributed by atoms with van der Waals surface area (Å²) in [6.07, 6.45) is 4.79. The van der Waals surface area contributed by atoms with Gasteiger partial charge in [-0.15, -0.1) is 0 Å². The van der Waals surface area contributed by atoms with E-state index in [1.165, 1.54) is 0 Å². The van der Waals surface area contributed by atoms with Crippen molar-refractivity contribution in [2.24, 2.45) is 0 Å².